The van der Waals surface area contributed by atoms with Crippen LogP contribution in [-0.4, -0.2) is 26.0 Å². The largest absolute Gasteiger partial charge is 0.241 e. The molecule has 0 amide bonds. The van der Waals surface area contributed by atoms with E-state index in [1.54, 1.807) is 30.0 Å². The van der Waals surface area contributed by atoms with E-state index in [0.29, 0.717) is 11.0 Å². The molecule has 1 rings (SSSR count). The molecular weight excluding hydrogens is 426 g/mol. The zero-order chi connectivity index (χ0) is 15.4. The molecular formula is C13H19Br2NO2S2. The lowest BCUT2D eigenvalue weighted by molar-refractivity contribution is 0.522. The van der Waals surface area contributed by atoms with E-state index in [-0.39, 0.29) is 9.64 Å². The topological polar surface area (TPSA) is 46.2 Å². The highest BCUT2D eigenvalue weighted by Crippen LogP contribution is 2.31. The average Bonchev–Trinajstić information content (AvgIpc) is 2.43. The summed E-state index contributed by atoms with van der Waals surface area (Å²) in [5.41, 5.74) is 0. The van der Waals surface area contributed by atoms with Crippen molar-refractivity contribution >= 4 is 53.6 Å². The molecule has 1 N–H and O–H groups in total. The van der Waals surface area contributed by atoms with Gasteiger partial charge < -0.3 is 0 Å². The van der Waals surface area contributed by atoms with Gasteiger partial charge in [-0.25, -0.2) is 13.1 Å². The van der Waals surface area contributed by atoms with E-state index < -0.39 is 10.0 Å². The monoisotopic (exact) mass is 443 g/mol. The lowest BCUT2D eigenvalue weighted by Crippen LogP contribution is -2.39. The Bertz CT molecular complexity index is 549. The van der Waals surface area contributed by atoms with E-state index in [1.807, 2.05) is 6.26 Å². The summed E-state index contributed by atoms with van der Waals surface area (Å²) in [6.45, 7) is 4.61. The Morgan fingerprint density at radius 2 is 1.85 bits per heavy atom. The summed E-state index contributed by atoms with van der Waals surface area (Å²) in [6.07, 6.45) is 3.87. The van der Waals surface area contributed by atoms with Crippen LogP contribution in [0.3, 0.4) is 0 Å². The molecule has 0 heterocycles. The summed E-state index contributed by atoms with van der Waals surface area (Å²) in [6, 6.07) is 5.12. The first-order valence-corrected chi connectivity index (χ1v) is 10.6. The third-order valence-electron chi connectivity index (χ3n) is 3.49. The third kappa shape index (κ3) is 4.47. The lowest BCUT2D eigenvalue weighted by atomic mass is 10.0. The minimum atomic E-state index is -3.52. The van der Waals surface area contributed by atoms with Gasteiger partial charge in [-0.05, 0) is 53.2 Å². The average molecular weight is 445 g/mol. The molecule has 0 aliphatic heterocycles. The Morgan fingerprint density at radius 1 is 1.25 bits per heavy atom. The fraction of sp³-hybridized carbons (Fsp3) is 0.538. The van der Waals surface area contributed by atoms with Crippen molar-refractivity contribution in [3.8, 4) is 0 Å². The first-order valence-electron chi connectivity index (χ1n) is 6.30. The predicted octanol–water partition coefficient (Wildman–Crippen LogP) is 4.41. The number of hydrogen-bond acceptors (Lipinski definition) is 3. The number of thioether (sulfide) groups is 1. The molecule has 20 heavy (non-hydrogen) atoms. The van der Waals surface area contributed by atoms with E-state index in [0.717, 1.165) is 17.3 Å². The summed E-state index contributed by atoms with van der Waals surface area (Å²) in [7, 11) is -3.52. The van der Waals surface area contributed by atoms with Crippen LogP contribution in [0.4, 0.5) is 0 Å². The van der Waals surface area contributed by atoms with Crippen molar-refractivity contribution in [2.45, 2.75) is 36.3 Å². The molecule has 7 heteroatoms. The Balaban J connectivity index is 2.98. The first kappa shape index (κ1) is 18.5. The van der Waals surface area contributed by atoms with Crippen LogP contribution in [0, 0.1) is 0 Å². The summed E-state index contributed by atoms with van der Waals surface area (Å²) >= 11 is 8.31. The third-order valence-corrected chi connectivity index (χ3v) is 7.96. The highest BCUT2D eigenvalue weighted by Gasteiger charge is 2.28. The van der Waals surface area contributed by atoms with Crippen LogP contribution in [0.2, 0.25) is 0 Å². The Labute approximate surface area is 142 Å². The second-order valence-corrected chi connectivity index (χ2v) is 9.27. The van der Waals surface area contributed by atoms with E-state index in [9.17, 15) is 8.42 Å². The molecule has 0 saturated heterocycles. The normalized spacial score (nSPS) is 12.7. The second kappa shape index (κ2) is 7.63. The zero-order valence-electron chi connectivity index (χ0n) is 11.7. The highest BCUT2D eigenvalue weighted by atomic mass is 79.9. The first-order chi connectivity index (χ1) is 9.30. The maximum Gasteiger partial charge on any atom is 0.241 e. The fourth-order valence-corrected chi connectivity index (χ4v) is 5.36. The van der Waals surface area contributed by atoms with E-state index in [4.69, 9.17) is 0 Å². The van der Waals surface area contributed by atoms with Gasteiger partial charge in [0, 0.05) is 20.2 Å². The molecule has 114 valence electrons. The van der Waals surface area contributed by atoms with Crippen molar-refractivity contribution in [1.29, 1.82) is 0 Å². The van der Waals surface area contributed by atoms with Crippen molar-refractivity contribution in [3.63, 3.8) is 0 Å². The molecule has 1 aromatic rings. The molecule has 0 bridgehead atoms. The molecule has 0 atom stereocenters. The number of halogens is 2. The Morgan fingerprint density at radius 3 is 2.35 bits per heavy atom. The van der Waals surface area contributed by atoms with Gasteiger partial charge in [-0.3, -0.25) is 0 Å². The highest BCUT2D eigenvalue weighted by molar-refractivity contribution is 9.11. The molecule has 0 aromatic heterocycles. The van der Waals surface area contributed by atoms with Gasteiger partial charge in [0.25, 0.3) is 0 Å². The van der Waals surface area contributed by atoms with Gasteiger partial charge in [0.1, 0.15) is 0 Å². The zero-order valence-corrected chi connectivity index (χ0v) is 16.5. The van der Waals surface area contributed by atoms with Gasteiger partial charge in [0.2, 0.25) is 10.0 Å². The molecule has 0 saturated carbocycles. The number of sulfonamides is 1. The SMILES string of the molecule is CCC(CC)(CNS(=O)(=O)c1cc(Br)ccc1Br)SC. The second-order valence-electron chi connectivity index (χ2n) is 4.49. The van der Waals surface area contributed by atoms with Crippen LogP contribution in [0.25, 0.3) is 0 Å². The summed E-state index contributed by atoms with van der Waals surface area (Å²) < 4.78 is 28.8. The van der Waals surface area contributed by atoms with E-state index in [1.165, 1.54) is 0 Å². The van der Waals surface area contributed by atoms with Crippen LogP contribution in [0.1, 0.15) is 26.7 Å². The molecule has 3 nitrogen and oxygen atoms in total. The maximum atomic E-state index is 12.4. The Kier molecular flexibility index (Phi) is 7.05. The van der Waals surface area contributed by atoms with Gasteiger partial charge >= 0.3 is 0 Å². The van der Waals surface area contributed by atoms with Crippen molar-refractivity contribution in [3.05, 3.63) is 27.1 Å². The van der Waals surface area contributed by atoms with E-state index in [2.05, 4.69) is 50.4 Å². The molecule has 0 aliphatic carbocycles. The maximum absolute atomic E-state index is 12.4. The van der Waals surface area contributed by atoms with Crippen LogP contribution >= 0.6 is 43.6 Å². The molecule has 0 unspecified atom stereocenters. The fourth-order valence-electron chi connectivity index (χ4n) is 1.85. The van der Waals surface area contributed by atoms with Crippen LogP contribution in [0.5, 0.6) is 0 Å². The molecule has 1 aromatic carbocycles. The lowest BCUT2D eigenvalue weighted by Gasteiger charge is -2.29. The van der Waals surface area contributed by atoms with Crippen molar-refractivity contribution in [2.24, 2.45) is 0 Å². The van der Waals surface area contributed by atoms with Gasteiger partial charge in [-0.1, -0.05) is 29.8 Å². The summed E-state index contributed by atoms with van der Waals surface area (Å²) in [4.78, 5) is 0.258. The van der Waals surface area contributed by atoms with Crippen molar-refractivity contribution in [1.82, 2.24) is 4.72 Å². The van der Waals surface area contributed by atoms with Crippen LogP contribution in [0.15, 0.2) is 32.0 Å². The molecule has 0 spiro atoms. The van der Waals surface area contributed by atoms with Crippen molar-refractivity contribution in [2.75, 3.05) is 12.8 Å². The number of hydrogen-bond donors (Lipinski definition) is 1. The minimum absolute atomic E-state index is 0.0500. The molecule has 0 fully saturated rings. The minimum Gasteiger partial charge on any atom is -0.210 e. The van der Waals surface area contributed by atoms with Gasteiger partial charge in [0.05, 0.1) is 4.90 Å². The van der Waals surface area contributed by atoms with Crippen LogP contribution in [-0.2, 0) is 10.0 Å². The molecule has 0 radical (unpaired) electrons. The van der Waals surface area contributed by atoms with E-state index >= 15 is 0 Å². The number of rotatable bonds is 7. The smallest absolute Gasteiger partial charge is 0.210 e. The Hall–Kier alpha value is 0.440. The quantitative estimate of drug-likeness (QED) is 0.677. The number of benzene rings is 1. The van der Waals surface area contributed by atoms with Gasteiger partial charge in [-0.15, -0.1) is 0 Å². The summed E-state index contributed by atoms with van der Waals surface area (Å²) in [5, 5.41) is 0. The van der Waals surface area contributed by atoms with Crippen LogP contribution < -0.4 is 4.72 Å². The molecule has 0 aliphatic rings. The van der Waals surface area contributed by atoms with Gasteiger partial charge in [-0.2, -0.15) is 11.8 Å². The van der Waals surface area contributed by atoms with Crippen molar-refractivity contribution < 1.29 is 8.42 Å². The summed E-state index contributed by atoms with van der Waals surface area (Å²) in [5.74, 6) is 0. The number of nitrogens with one attached hydrogen (secondary N) is 1. The standard InChI is InChI=1S/C13H19Br2NO2S2/c1-4-13(5-2,19-3)9-16-20(17,18)12-8-10(14)6-7-11(12)15/h6-8,16H,4-5,9H2,1-3H3. The van der Waals surface area contributed by atoms with Gasteiger partial charge in [0.15, 0.2) is 0 Å². The predicted molar refractivity (Wildman–Crippen MR) is 93.9 cm³/mol.